The fourth-order valence-electron chi connectivity index (χ4n) is 2.27. The van der Waals surface area contributed by atoms with E-state index in [1.165, 1.54) is 0 Å². The van der Waals surface area contributed by atoms with Crippen molar-refractivity contribution >= 4 is 5.84 Å². The van der Waals surface area contributed by atoms with Gasteiger partial charge in [0.2, 0.25) is 0 Å². The van der Waals surface area contributed by atoms with Gasteiger partial charge in [-0.2, -0.15) is 0 Å². The number of nitrogens with one attached hydrogen (secondary N) is 2. The van der Waals surface area contributed by atoms with E-state index in [-0.39, 0.29) is 19.0 Å². The summed E-state index contributed by atoms with van der Waals surface area (Å²) >= 11 is 0. The summed E-state index contributed by atoms with van der Waals surface area (Å²) in [6.45, 7) is 2.57. The molecule has 0 aromatic rings. The van der Waals surface area contributed by atoms with Gasteiger partial charge >= 0.3 is 0 Å². The summed E-state index contributed by atoms with van der Waals surface area (Å²) < 4.78 is 5.59. The number of piperidine rings is 1. The first-order valence-electron chi connectivity index (χ1n) is 6.15. The molecule has 0 aliphatic carbocycles. The number of nitrogens with zero attached hydrogens (tertiary/aromatic N) is 2. The van der Waals surface area contributed by atoms with Crippen molar-refractivity contribution in [2.75, 3.05) is 47.1 Å². The van der Waals surface area contributed by atoms with Gasteiger partial charge in [0.25, 0.3) is 0 Å². The number of likely N-dealkylation sites (tertiary alicyclic amines) is 1. The van der Waals surface area contributed by atoms with Crippen molar-refractivity contribution in [2.24, 2.45) is 0 Å². The highest BCUT2D eigenvalue weighted by molar-refractivity contribution is 5.87. The second-order valence-electron chi connectivity index (χ2n) is 4.89. The van der Waals surface area contributed by atoms with Crippen LogP contribution in [0.4, 0.5) is 0 Å². The molecule has 0 unspecified atom stereocenters. The Hall–Kier alpha value is -0.730. The van der Waals surface area contributed by atoms with Gasteiger partial charge in [0.1, 0.15) is 5.60 Å². The van der Waals surface area contributed by atoms with Gasteiger partial charge in [-0.1, -0.05) is 0 Å². The zero-order chi connectivity index (χ0) is 13.6. The van der Waals surface area contributed by atoms with Crippen LogP contribution in [-0.2, 0) is 4.74 Å². The summed E-state index contributed by atoms with van der Waals surface area (Å²) in [5.74, 6) is -0.0274. The highest BCUT2D eigenvalue weighted by atomic mass is 16.5. The fourth-order valence-corrected chi connectivity index (χ4v) is 2.27. The van der Waals surface area contributed by atoms with Crippen LogP contribution in [0.2, 0.25) is 0 Å². The van der Waals surface area contributed by atoms with E-state index in [2.05, 4.69) is 9.80 Å². The van der Waals surface area contributed by atoms with Gasteiger partial charge in [-0.3, -0.25) is 25.9 Å². The Labute approximate surface area is 108 Å². The minimum Gasteiger partial charge on any atom is -0.394 e. The lowest BCUT2D eigenvalue weighted by Gasteiger charge is -2.41. The van der Waals surface area contributed by atoms with Crippen molar-refractivity contribution in [3.05, 3.63) is 0 Å². The molecular formula is C11H24N4O3. The Morgan fingerprint density at radius 1 is 1.44 bits per heavy atom. The van der Waals surface area contributed by atoms with Crippen LogP contribution < -0.4 is 5.48 Å². The molecule has 0 spiro atoms. The number of aliphatic hydroxyl groups is 1. The summed E-state index contributed by atoms with van der Waals surface area (Å²) in [6.07, 6.45) is 1.26. The molecule has 1 aliphatic heterocycles. The maximum Gasteiger partial charge on any atom is 0.150 e. The Bertz CT molecular complexity index is 265. The van der Waals surface area contributed by atoms with Crippen molar-refractivity contribution in [3.8, 4) is 0 Å². The highest BCUT2D eigenvalue weighted by Gasteiger charge is 2.39. The van der Waals surface area contributed by atoms with Gasteiger partial charge in [-0.25, -0.2) is 0 Å². The number of aliphatic hydroxyl groups excluding tert-OH is 1. The molecule has 4 N–H and O–H groups in total. The topological polar surface area (TPSA) is 92.0 Å². The molecule has 1 heterocycles. The molecule has 1 saturated heterocycles. The van der Waals surface area contributed by atoms with Crippen LogP contribution in [0.1, 0.15) is 12.8 Å². The molecule has 0 radical (unpaired) electrons. The second kappa shape index (κ2) is 7.01. The van der Waals surface area contributed by atoms with Crippen LogP contribution in [0, 0.1) is 5.41 Å². The van der Waals surface area contributed by atoms with Crippen molar-refractivity contribution in [1.82, 2.24) is 15.3 Å². The van der Waals surface area contributed by atoms with Crippen molar-refractivity contribution in [3.63, 3.8) is 0 Å². The summed E-state index contributed by atoms with van der Waals surface area (Å²) in [6, 6.07) is 0. The van der Waals surface area contributed by atoms with Crippen molar-refractivity contribution in [1.29, 1.82) is 5.41 Å². The Morgan fingerprint density at radius 3 is 2.50 bits per heavy atom. The highest BCUT2D eigenvalue weighted by Crippen LogP contribution is 2.26. The fraction of sp³-hybridized carbons (Fsp3) is 0.909. The Morgan fingerprint density at radius 2 is 2.06 bits per heavy atom. The van der Waals surface area contributed by atoms with Crippen LogP contribution in [0.25, 0.3) is 0 Å². The number of ether oxygens (including phenoxy) is 1. The van der Waals surface area contributed by atoms with Gasteiger partial charge < -0.3 is 9.84 Å². The van der Waals surface area contributed by atoms with Crippen LogP contribution in [0.5, 0.6) is 0 Å². The first kappa shape index (κ1) is 15.3. The molecule has 0 atom stereocenters. The van der Waals surface area contributed by atoms with E-state index in [0.717, 1.165) is 19.8 Å². The van der Waals surface area contributed by atoms with Crippen LogP contribution in [0.3, 0.4) is 0 Å². The van der Waals surface area contributed by atoms with Gasteiger partial charge in [-0.15, -0.1) is 0 Å². The molecule has 106 valence electrons. The molecule has 7 nitrogen and oxygen atoms in total. The Balaban J connectivity index is 2.58. The lowest BCUT2D eigenvalue weighted by molar-refractivity contribution is -0.0582. The maximum atomic E-state index is 8.92. The predicted octanol–water partition coefficient (Wildman–Crippen LogP) is -0.695. The van der Waals surface area contributed by atoms with Gasteiger partial charge in [0.15, 0.2) is 5.84 Å². The Kier molecular flexibility index (Phi) is 5.97. The van der Waals surface area contributed by atoms with Gasteiger partial charge in [-0.05, 0) is 26.9 Å². The third-order valence-corrected chi connectivity index (χ3v) is 3.18. The predicted molar refractivity (Wildman–Crippen MR) is 67.8 cm³/mol. The number of hydrogen-bond acceptors (Lipinski definition) is 6. The van der Waals surface area contributed by atoms with Crippen LogP contribution in [-0.4, -0.2) is 78.6 Å². The molecule has 0 amide bonds. The van der Waals surface area contributed by atoms with Crippen molar-refractivity contribution in [2.45, 2.75) is 18.4 Å². The van der Waals surface area contributed by atoms with Gasteiger partial charge in [0, 0.05) is 13.1 Å². The molecule has 0 bridgehead atoms. The summed E-state index contributed by atoms with van der Waals surface area (Å²) in [5.41, 5.74) is 1.10. The van der Waals surface area contributed by atoms with Crippen LogP contribution in [0.15, 0.2) is 0 Å². The monoisotopic (exact) mass is 260 g/mol. The second-order valence-corrected chi connectivity index (χ2v) is 4.89. The number of hydrogen-bond donors (Lipinski definition) is 4. The summed E-state index contributed by atoms with van der Waals surface area (Å²) in [7, 11) is 4.03. The lowest BCUT2D eigenvalue weighted by Crippen LogP contribution is -2.55. The molecule has 0 saturated carbocycles. The molecule has 0 aromatic carbocycles. The lowest BCUT2D eigenvalue weighted by atomic mass is 9.90. The normalized spacial score (nSPS) is 20.1. The van der Waals surface area contributed by atoms with E-state index in [1.54, 1.807) is 0 Å². The molecule has 1 rings (SSSR count). The van der Waals surface area contributed by atoms with E-state index in [4.69, 9.17) is 20.5 Å². The van der Waals surface area contributed by atoms with Crippen molar-refractivity contribution < 1.29 is 15.1 Å². The van der Waals surface area contributed by atoms with Gasteiger partial charge in [0.05, 0.1) is 19.9 Å². The number of hydroxylamine groups is 1. The zero-order valence-corrected chi connectivity index (χ0v) is 11.1. The smallest absolute Gasteiger partial charge is 0.150 e. The molecule has 1 aliphatic rings. The minimum atomic E-state index is -0.791. The van der Waals surface area contributed by atoms with Crippen LogP contribution >= 0.6 is 0 Å². The molecular weight excluding hydrogens is 236 g/mol. The number of rotatable bonds is 6. The largest absolute Gasteiger partial charge is 0.394 e. The SMILES string of the molecule is CN(C)CN1CCC(OCCO)(C(=N)NO)CC1. The minimum absolute atomic E-state index is 0.0274. The zero-order valence-electron chi connectivity index (χ0n) is 11.1. The van der Waals surface area contributed by atoms with E-state index in [1.807, 2.05) is 19.6 Å². The maximum absolute atomic E-state index is 8.92. The average Bonchev–Trinajstić information content (AvgIpc) is 2.36. The van der Waals surface area contributed by atoms with E-state index >= 15 is 0 Å². The first-order valence-corrected chi connectivity index (χ1v) is 6.15. The molecule has 18 heavy (non-hydrogen) atoms. The van der Waals surface area contributed by atoms with E-state index in [0.29, 0.717) is 12.8 Å². The molecule has 0 aromatic heterocycles. The number of amidine groups is 1. The third-order valence-electron chi connectivity index (χ3n) is 3.18. The third kappa shape index (κ3) is 3.89. The first-order chi connectivity index (χ1) is 8.54. The quantitative estimate of drug-likeness (QED) is 0.287. The molecule has 7 heteroatoms. The molecule has 1 fully saturated rings. The van der Waals surface area contributed by atoms with E-state index in [9.17, 15) is 0 Å². The summed E-state index contributed by atoms with van der Waals surface area (Å²) in [4.78, 5) is 4.36. The average molecular weight is 260 g/mol. The van der Waals surface area contributed by atoms with E-state index < -0.39 is 5.60 Å². The summed E-state index contributed by atoms with van der Waals surface area (Å²) in [5, 5.41) is 25.5. The standard InChI is InChI=1S/C11H24N4O3/c1-14(2)9-15-5-3-11(4-6-15,10(12)13-17)18-8-7-16/h16-17H,3-9H2,1-2H3,(H2,12,13).